The number of nitrogens with one attached hydrogen (secondary N) is 1. The van der Waals surface area contributed by atoms with E-state index in [0.29, 0.717) is 26.1 Å². The van der Waals surface area contributed by atoms with E-state index in [-0.39, 0.29) is 11.3 Å². The van der Waals surface area contributed by atoms with Crippen LogP contribution in [0, 0.1) is 0 Å². The topological polar surface area (TPSA) is 66.5 Å². The second-order valence-corrected chi connectivity index (χ2v) is 9.45. The maximum atomic E-state index is 12.1. The molecule has 1 aliphatic heterocycles. The van der Waals surface area contributed by atoms with Gasteiger partial charge in [0.2, 0.25) is 0 Å². The van der Waals surface area contributed by atoms with Gasteiger partial charge in [-0.3, -0.25) is 0 Å². The maximum Gasteiger partial charge on any atom is 0.317 e. The molecule has 7 heteroatoms. The van der Waals surface area contributed by atoms with Crippen LogP contribution in [0.3, 0.4) is 0 Å². The van der Waals surface area contributed by atoms with Crippen molar-refractivity contribution in [3.8, 4) is 0 Å². The van der Waals surface area contributed by atoms with Gasteiger partial charge in [0.15, 0.2) is 9.84 Å². The largest absolute Gasteiger partial charge is 0.337 e. The third kappa shape index (κ3) is 4.91. The van der Waals surface area contributed by atoms with Gasteiger partial charge < -0.3 is 10.2 Å². The van der Waals surface area contributed by atoms with Gasteiger partial charge in [0.1, 0.15) is 0 Å². The summed E-state index contributed by atoms with van der Waals surface area (Å²) in [5.41, 5.74) is 0. The fraction of sp³-hybridized carbons (Fsp3) is 0.533. The summed E-state index contributed by atoms with van der Waals surface area (Å²) >= 11 is 1.70. The summed E-state index contributed by atoms with van der Waals surface area (Å²) in [6, 6.07) is 9.86. The number of benzene rings is 1. The molecule has 0 unspecified atom stereocenters. The molecule has 1 aromatic carbocycles. The van der Waals surface area contributed by atoms with Crippen LogP contribution >= 0.6 is 11.8 Å². The van der Waals surface area contributed by atoms with Crippen LogP contribution in [0.4, 0.5) is 4.79 Å². The van der Waals surface area contributed by atoms with Crippen molar-refractivity contribution in [2.45, 2.75) is 28.7 Å². The van der Waals surface area contributed by atoms with Gasteiger partial charge >= 0.3 is 6.03 Å². The number of hydrogen-bond donors (Lipinski definition) is 1. The Labute approximate surface area is 136 Å². The van der Waals surface area contributed by atoms with E-state index in [9.17, 15) is 13.2 Å². The van der Waals surface area contributed by atoms with Crippen LogP contribution in [0.5, 0.6) is 0 Å². The lowest BCUT2D eigenvalue weighted by Crippen LogP contribution is -2.41. The predicted octanol–water partition coefficient (Wildman–Crippen LogP) is 2.00. The molecule has 1 aliphatic rings. The molecule has 0 aromatic heterocycles. The van der Waals surface area contributed by atoms with Gasteiger partial charge in [-0.05, 0) is 18.6 Å². The zero-order valence-corrected chi connectivity index (χ0v) is 14.5. The van der Waals surface area contributed by atoms with E-state index in [4.69, 9.17) is 0 Å². The van der Waals surface area contributed by atoms with Gasteiger partial charge in [-0.25, -0.2) is 13.2 Å². The number of urea groups is 1. The number of thioether (sulfide) groups is 1. The summed E-state index contributed by atoms with van der Waals surface area (Å²) in [6.45, 7) is 3.41. The summed E-state index contributed by atoms with van der Waals surface area (Å²) in [5, 5.41) is 2.72. The van der Waals surface area contributed by atoms with Gasteiger partial charge in [0.05, 0.1) is 5.25 Å². The van der Waals surface area contributed by atoms with E-state index in [1.165, 1.54) is 11.2 Å². The standard InChI is InChI=1S/C15H22N2O3S2/c1-12(21-13-6-4-3-5-7-13)10-16-15(18)17-9-8-14(11-17)22(2,19)20/h3-7,12,14H,8-11H2,1-2H3,(H,16,18)/t12-,14-/m0/s1. The van der Waals surface area contributed by atoms with Crippen LogP contribution in [0.2, 0.25) is 0 Å². The van der Waals surface area contributed by atoms with Gasteiger partial charge in [0, 0.05) is 36.0 Å². The molecular formula is C15H22N2O3S2. The molecule has 22 heavy (non-hydrogen) atoms. The highest BCUT2D eigenvalue weighted by Gasteiger charge is 2.32. The number of nitrogens with zero attached hydrogens (tertiary/aromatic N) is 1. The van der Waals surface area contributed by atoms with Crippen LogP contribution in [0.15, 0.2) is 35.2 Å². The first-order valence-electron chi connectivity index (χ1n) is 7.29. The van der Waals surface area contributed by atoms with E-state index in [0.717, 1.165) is 0 Å². The molecule has 2 rings (SSSR count). The maximum absolute atomic E-state index is 12.1. The molecule has 0 aliphatic carbocycles. The zero-order chi connectivity index (χ0) is 16.2. The van der Waals surface area contributed by atoms with Crippen LogP contribution in [-0.2, 0) is 9.84 Å². The lowest BCUT2D eigenvalue weighted by atomic mass is 10.4. The van der Waals surface area contributed by atoms with Crippen LogP contribution in [0.1, 0.15) is 13.3 Å². The summed E-state index contributed by atoms with van der Waals surface area (Å²) < 4.78 is 23.0. The zero-order valence-electron chi connectivity index (χ0n) is 12.9. The molecule has 0 spiro atoms. The van der Waals surface area contributed by atoms with Crippen molar-refractivity contribution in [2.75, 3.05) is 25.9 Å². The fourth-order valence-electron chi connectivity index (χ4n) is 2.38. The van der Waals surface area contributed by atoms with Crippen molar-refractivity contribution in [1.82, 2.24) is 10.2 Å². The minimum atomic E-state index is -3.07. The molecule has 2 atom stereocenters. The average molecular weight is 342 g/mol. The molecule has 0 saturated carbocycles. The lowest BCUT2D eigenvalue weighted by molar-refractivity contribution is 0.209. The molecular weight excluding hydrogens is 320 g/mol. The summed E-state index contributed by atoms with van der Waals surface area (Å²) in [4.78, 5) is 14.8. The molecule has 0 radical (unpaired) electrons. The van der Waals surface area contributed by atoms with Crippen molar-refractivity contribution >= 4 is 27.6 Å². The molecule has 122 valence electrons. The van der Waals surface area contributed by atoms with E-state index in [2.05, 4.69) is 12.2 Å². The lowest BCUT2D eigenvalue weighted by Gasteiger charge is -2.19. The van der Waals surface area contributed by atoms with Crippen LogP contribution in [0.25, 0.3) is 0 Å². The number of hydrogen-bond acceptors (Lipinski definition) is 4. The number of rotatable bonds is 5. The molecule has 0 bridgehead atoms. The minimum Gasteiger partial charge on any atom is -0.337 e. The number of likely N-dealkylation sites (tertiary alicyclic amines) is 1. The van der Waals surface area contributed by atoms with Crippen molar-refractivity contribution in [3.05, 3.63) is 30.3 Å². The first-order chi connectivity index (χ1) is 10.4. The second-order valence-electron chi connectivity index (χ2n) is 5.61. The Morgan fingerprint density at radius 2 is 2.09 bits per heavy atom. The molecule has 1 saturated heterocycles. The first-order valence-corrected chi connectivity index (χ1v) is 10.1. The molecule has 1 heterocycles. The predicted molar refractivity (Wildman–Crippen MR) is 90.0 cm³/mol. The fourth-order valence-corrected chi connectivity index (χ4v) is 4.31. The first kappa shape index (κ1) is 17.1. The third-order valence-electron chi connectivity index (χ3n) is 3.66. The van der Waals surface area contributed by atoms with E-state index < -0.39 is 15.1 Å². The quantitative estimate of drug-likeness (QED) is 0.831. The Kier molecular flexibility index (Phi) is 5.74. The molecule has 1 N–H and O–H groups in total. The summed E-state index contributed by atoms with van der Waals surface area (Å²) in [6.07, 6.45) is 1.76. The number of amides is 2. The van der Waals surface area contributed by atoms with Gasteiger partial charge in [-0.15, -0.1) is 11.8 Å². The average Bonchev–Trinajstić information content (AvgIpc) is 2.96. The third-order valence-corrected chi connectivity index (χ3v) is 6.37. The highest BCUT2D eigenvalue weighted by atomic mass is 32.2. The van der Waals surface area contributed by atoms with E-state index >= 15 is 0 Å². The van der Waals surface area contributed by atoms with E-state index in [1.54, 1.807) is 16.7 Å². The summed E-state index contributed by atoms with van der Waals surface area (Å²) in [7, 11) is -3.07. The Balaban J connectivity index is 1.76. The van der Waals surface area contributed by atoms with Crippen LogP contribution in [-0.4, -0.2) is 55.7 Å². The molecule has 5 nitrogen and oxygen atoms in total. The number of carbonyl (C=O) groups excluding carboxylic acids is 1. The van der Waals surface area contributed by atoms with Crippen molar-refractivity contribution in [2.24, 2.45) is 0 Å². The van der Waals surface area contributed by atoms with Crippen LogP contribution < -0.4 is 5.32 Å². The minimum absolute atomic E-state index is 0.174. The van der Waals surface area contributed by atoms with Crippen molar-refractivity contribution in [3.63, 3.8) is 0 Å². The van der Waals surface area contributed by atoms with E-state index in [1.807, 2.05) is 30.3 Å². The smallest absolute Gasteiger partial charge is 0.317 e. The Bertz CT molecular complexity index is 604. The number of sulfone groups is 1. The summed E-state index contributed by atoms with van der Waals surface area (Å²) in [5.74, 6) is 0. The Morgan fingerprint density at radius 1 is 1.41 bits per heavy atom. The highest BCUT2D eigenvalue weighted by molar-refractivity contribution is 8.00. The second kappa shape index (κ2) is 7.37. The SMILES string of the molecule is C[C@@H](CNC(=O)N1CC[C@H](S(C)(=O)=O)C1)Sc1ccccc1. The molecule has 1 aromatic rings. The van der Waals surface area contributed by atoms with Crippen molar-refractivity contribution in [1.29, 1.82) is 0 Å². The van der Waals surface area contributed by atoms with Gasteiger partial charge in [0.25, 0.3) is 0 Å². The van der Waals surface area contributed by atoms with Gasteiger partial charge in [-0.1, -0.05) is 25.1 Å². The molecule has 1 fully saturated rings. The number of carbonyl (C=O) groups is 1. The normalized spacial score (nSPS) is 19.9. The Morgan fingerprint density at radius 3 is 2.68 bits per heavy atom. The Hall–Kier alpha value is -1.21. The monoisotopic (exact) mass is 342 g/mol. The van der Waals surface area contributed by atoms with Gasteiger partial charge in [-0.2, -0.15) is 0 Å². The van der Waals surface area contributed by atoms with Crippen molar-refractivity contribution < 1.29 is 13.2 Å². The highest BCUT2D eigenvalue weighted by Crippen LogP contribution is 2.22. The molecule has 2 amide bonds.